The molecular weight excluding hydrogens is 290 g/mol. The summed E-state index contributed by atoms with van der Waals surface area (Å²) in [5.74, 6) is 0.223. The van der Waals surface area contributed by atoms with Gasteiger partial charge in [-0.1, -0.05) is 6.07 Å². The number of nitrogens with zero attached hydrogens (tertiary/aromatic N) is 1. The molecule has 0 aromatic heterocycles. The second-order valence-corrected chi connectivity index (χ2v) is 5.98. The lowest BCUT2D eigenvalue weighted by molar-refractivity contribution is -0.138. The minimum Gasteiger partial charge on any atom is -0.497 e. The van der Waals surface area contributed by atoms with Crippen molar-refractivity contribution in [3.8, 4) is 5.75 Å². The van der Waals surface area contributed by atoms with Gasteiger partial charge in [0.1, 0.15) is 5.75 Å². The van der Waals surface area contributed by atoms with Gasteiger partial charge in [-0.25, -0.2) is 0 Å². The smallest absolute Gasteiger partial charge is 0.305 e. The molecule has 0 bridgehead atoms. The van der Waals surface area contributed by atoms with Crippen LogP contribution in [0, 0.1) is 0 Å². The zero-order valence-corrected chi connectivity index (χ0v) is 12.8. The number of carboxylic acids is 1. The third kappa shape index (κ3) is 4.97. The summed E-state index contributed by atoms with van der Waals surface area (Å²) in [6, 6.07) is 7.79. The number of amides is 1. The maximum absolute atomic E-state index is 12.2. The summed E-state index contributed by atoms with van der Waals surface area (Å²) < 4.78 is 5.15. The molecule has 0 aliphatic heterocycles. The topological polar surface area (TPSA) is 66.8 Å². The first-order valence-corrected chi connectivity index (χ1v) is 7.87. The molecule has 0 heterocycles. The zero-order valence-electron chi connectivity index (χ0n) is 11.9. The van der Waals surface area contributed by atoms with Gasteiger partial charge >= 0.3 is 5.97 Å². The van der Waals surface area contributed by atoms with E-state index in [0.29, 0.717) is 12.3 Å². The Morgan fingerprint density at radius 1 is 1.43 bits per heavy atom. The van der Waals surface area contributed by atoms with Crippen molar-refractivity contribution in [2.75, 3.05) is 19.4 Å². The number of hydrogen-bond donors (Lipinski definition) is 1. The number of carbonyl (C=O) groups is 2. The van der Waals surface area contributed by atoms with E-state index in [1.807, 2.05) is 24.3 Å². The quantitative estimate of drug-likeness (QED) is 0.746. The molecule has 2 rings (SSSR count). The van der Waals surface area contributed by atoms with Crippen LogP contribution in [-0.2, 0) is 9.59 Å². The highest BCUT2D eigenvalue weighted by Gasteiger charge is 2.32. The third-order valence-electron chi connectivity index (χ3n) is 3.28. The van der Waals surface area contributed by atoms with Crippen LogP contribution in [0.5, 0.6) is 5.75 Å². The van der Waals surface area contributed by atoms with E-state index in [4.69, 9.17) is 9.84 Å². The monoisotopic (exact) mass is 309 g/mol. The fourth-order valence-corrected chi connectivity index (χ4v) is 2.86. The predicted molar refractivity (Wildman–Crippen MR) is 80.7 cm³/mol. The van der Waals surface area contributed by atoms with Crippen LogP contribution in [0.4, 0.5) is 0 Å². The van der Waals surface area contributed by atoms with E-state index in [1.54, 1.807) is 12.0 Å². The molecule has 1 aromatic rings. The van der Waals surface area contributed by atoms with Crippen LogP contribution in [0.25, 0.3) is 0 Å². The Bertz CT molecular complexity index is 516. The summed E-state index contributed by atoms with van der Waals surface area (Å²) in [5.41, 5.74) is 0. The molecule has 1 N–H and O–H groups in total. The Hall–Kier alpha value is -1.69. The fraction of sp³-hybridized carbons (Fsp3) is 0.467. The maximum atomic E-state index is 12.2. The van der Waals surface area contributed by atoms with E-state index in [1.165, 1.54) is 11.8 Å². The van der Waals surface area contributed by atoms with Crippen LogP contribution >= 0.6 is 11.8 Å². The molecule has 1 amide bonds. The van der Waals surface area contributed by atoms with Gasteiger partial charge in [0.2, 0.25) is 5.91 Å². The molecule has 1 aromatic carbocycles. The molecule has 1 fully saturated rings. The van der Waals surface area contributed by atoms with Crippen molar-refractivity contribution in [2.45, 2.75) is 30.2 Å². The second kappa shape index (κ2) is 7.36. The summed E-state index contributed by atoms with van der Waals surface area (Å²) in [4.78, 5) is 25.6. The number of hydrogen-bond acceptors (Lipinski definition) is 4. The van der Waals surface area contributed by atoms with Gasteiger partial charge in [-0.3, -0.25) is 9.59 Å². The van der Waals surface area contributed by atoms with Crippen LogP contribution in [0.2, 0.25) is 0 Å². The summed E-state index contributed by atoms with van der Waals surface area (Å²) in [7, 11) is 1.61. The summed E-state index contributed by atoms with van der Waals surface area (Å²) in [6.45, 7) is 0.303. The van der Waals surface area contributed by atoms with Gasteiger partial charge in [-0.15, -0.1) is 11.8 Å². The number of aliphatic carboxylic acids is 1. The Morgan fingerprint density at radius 3 is 2.81 bits per heavy atom. The highest BCUT2D eigenvalue weighted by Crippen LogP contribution is 2.29. The SMILES string of the molecule is COc1cccc(SCC(=O)N(CCC(=O)O)C2CC2)c1. The van der Waals surface area contributed by atoms with Crippen molar-refractivity contribution in [2.24, 2.45) is 0 Å². The second-order valence-electron chi connectivity index (χ2n) is 4.93. The average Bonchev–Trinajstić information content (AvgIpc) is 3.30. The number of carboxylic acid groups (broad SMARTS) is 1. The van der Waals surface area contributed by atoms with E-state index >= 15 is 0 Å². The van der Waals surface area contributed by atoms with Crippen LogP contribution < -0.4 is 4.74 Å². The molecule has 1 aliphatic rings. The lowest BCUT2D eigenvalue weighted by Gasteiger charge is -2.21. The highest BCUT2D eigenvalue weighted by atomic mass is 32.2. The molecule has 0 radical (unpaired) electrons. The van der Waals surface area contributed by atoms with E-state index < -0.39 is 5.97 Å². The summed E-state index contributed by atoms with van der Waals surface area (Å²) >= 11 is 1.45. The van der Waals surface area contributed by atoms with E-state index in [2.05, 4.69) is 0 Å². The van der Waals surface area contributed by atoms with Crippen LogP contribution in [0.1, 0.15) is 19.3 Å². The third-order valence-corrected chi connectivity index (χ3v) is 4.26. The largest absolute Gasteiger partial charge is 0.497 e. The summed E-state index contributed by atoms with van der Waals surface area (Å²) in [6.07, 6.45) is 1.97. The van der Waals surface area contributed by atoms with E-state index in [9.17, 15) is 9.59 Å². The van der Waals surface area contributed by atoms with Crippen LogP contribution in [-0.4, -0.2) is 47.3 Å². The Morgan fingerprint density at radius 2 is 2.19 bits per heavy atom. The zero-order chi connectivity index (χ0) is 15.2. The van der Waals surface area contributed by atoms with Crippen molar-refractivity contribution in [1.82, 2.24) is 4.90 Å². The van der Waals surface area contributed by atoms with Gasteiger partial charge in [0.15, 0.2) is 0 Å². The lowest BCUT2D eigenvalue weighted by atomic mass is 10.3. The number of rotatable bonds is 8. The first-order chi connectivity index (χ1) is 10.1. The number of thioether (sulfide) groups is 1. The van der Waals surface area contributed by atoms with Crippen molar-refractivity contribution >= 4 is 23.6 Å². The van der Waals surface area contributed by atoms with Crippen molar-refractivity contribution < 1.29 is 19.4 Å². The molecule has 5 nitrogen and oxygen atoms in total. The molecule has 1 aliphatic carbocycles. The van der Waals surface area contributed by atoms with Crippen LogP contribution in [0.15, 0.2) is 29.2 Å². The molecule has 6 heteroatoms. The number of methoxy groups -OCH3 is 1. The van der Waals surface area contributed by atoms with Gasteiger partial charge in [-0.2, -0.15) is 0 Å². The highest BCUT2D eigenvalue weighted by molar-refractivity contribution is 8.00. The number of ether oxygens (including phenoxy) is 1. The average molecular weight is 309 g/mol. The standard InChI is InChI=1S/C15H19NO4S/c1-20-12-3-2-4-13(9-12)21-10-14(17)16(11-5-6-11)8-7-15(18)19/h2-4,9,11H,5-8,10H2,1H3,(H,18,19). The molecular formula is C15H19NO4S. The maximum Gasteiger partial charge on any atom is 0.305 e. The van der Waals surface area contributed by atoms with Gasteiger partial charge in [0, 0.05) is 17.5 Å². The van der Waals surface area contributed by atoms with E-state index in [-0.39, 0.29) is 18.4 Å². The predicted octanol–water partition coefficient (Wildman–Crippen LogP) is 2.25. The first kappa shape index (κ1) is 15.7. The molecule has 0 atom stereocenters. The summed E-state index contributed by atoms with van der Waals surface area (Å²) in [5, 5.41) is 8.75. The Kier molecular flexibility index (Phi) is 5.50. The fourth-order valence-electron chi connectivity index (χ4n) is 2.03. The molecule has 21 heavy (non-hydrogen) atoms. The normalized spacial score (nSPS) is 13.8. The number of benzene rings is 1. The first-order valence-electron chi connectivity index (χ1n) is 6.88. The van der Waals surface area contributed by atoms with E-state index in [0.717, 1.165) is 23.5 Å². The van der Waals surface area contributed by atoms with Gasteiger partial charge in [-0.05, 0) is 31.0 Å². The minimum atomic E-state index is -0.867. The molecule has 0 spiro atoms. The molecule has 0 unspecified atom stereocenters. The Balaban J connectivity index is 1.87. The van der Waals surface area contributed by atoms with Crippen LogP contribution in [0.3, 0.4) is 0 Å². The molecule has 0 saturated heterocycles. The van der Waals surface area contributed by atoms with Crippen molar-refractivity contribution in [3.63, 3.8) is 0 Å². The lowest BCUT2D eigenvalue weighted by Crippen LogP contribution is -2.36. The van der Waals surface area contributed by atoms with Gasteiger partial charge in [0.25, 0.3) is 0 Å². The van der Waals surface area contributed by atoms with Crippen molar-refractivity contribution in [1.29, 1.82) is 0 Å². The molecule has 1 saturated carbocycles. The molecule has 114 valence electrons. The minimum absolute atomic E-state index is 0.00602. The van der Waals surface area contributed by atoms with Crippen molar-refractivity contribution in [3.05, 3.63) is 24.3 Å². The number of carbonyl (C=O) groups excluding carboxylic acids is 1. The van der Waals surface area contributed by atoms with Gasteiger partial charge < -0.3 is 14.7 Å². The Labute approximate surface area is 128 Å². The van der Waals surface area contributed by atoms with Gasteiger partial charge in [0.05, 0.1) is 19.3 Å².